The van der Waals surface area contributed by atoms with Crippen molar-refractivity contribution < 1.29 is 27.2 Å². The SMILES string of the molecule is CCOc1ccc(S(=O)(=O)NCCC(=O)OCc2c(C)noc2C)cc1. The lowest BCUT2D eigenvalue weighted by molar-refractivity contribution is -0.144. The minimum absolute atomic E-state index is 0.0473. The lowest BCUT2D eigenvalue weighted by atomic mass is 10.2. The number of nitrogens with zero attached hydrogens (tertiary/aromatic N) is 1. The van der Waals surface area contributed by atoms with Gasteiger partial charge in [0.1, 0.15) is 18.1 Å². The molecule has 0 fully saturated rings. The zero-order valence-corrected chi connectivity index (χ0v) is 15.8. The van der Waals surface area contributed by atoms with Gasteiger partial charge in [-0.05, 0) is 45.0 Å². The Morgan fingerprint density at radius 3 is 2.50 bits per heavy atom. The van der Waals surface area contributed by atoms with Crippen LogP contribution in [0.1, 0.15) is 30.4 Å². The zero-order valence-electron chi connectivity index (χ0n) is 14.9. The molecule has 8 nitrogen and oxygen atoms in total. The van der Waals surface area contributed by atoms with E-state index < -0.39 is 16.0 Å². The Morgan fingerprint density at radius 2 is 1.92 bits per heavy atom. The van der Waals surface area contributed by atoms with Gasteiger partial charge in [-0.25, -0.2) is 13.1 Å². The van der Waals surface area contributed by atoms with E-state index in [4.69, 9.17) is 14.0 Å². The second-order valence-corrected chi connectivity index (χ2v) is 7.28. The fourth-order valence-corrected chi connectivity index (χ4v) is 3.22. The molecular formula is C17H22N2O6S. The third-order valence-electron chi connectivity index (χ3n) is 3.62. The van der Waals surface area contributed by atoms with Gasteiger partial charge in [0.15, 0.2) is 0 Å². The second kappa shape index (κ2) is 8.81. The van der Waals surface area contributed by atoms with Crippen molar-refractivity contribution in [2.24, 2.45) is 0 Å². The second-order valence-electron chi connectivity index (χ2n) is 5.52. The molecule has 9 heteroatoms. The summed E-state index contributed by atoms with van der Waals surface area (Å²) in [5.74, 6) is 0.667. The Hall–Kier alpha value is -2.39. The smallest absolute Gasteiger partial charge is 0.307 e. The fraction of sp³-hybridized carbons (Fsp3) is 0.412. The molecule has 0 unspecified atom stereocenters. The number of aromatic nitrogens is 1. The number of nitrogens with one attached hydrogen (secondary N) is 1. The standard InChI is InChI=1S/C17H22N2O6S/c1-4-23-14-5-7-15(8-6-14)26(21,22)18-10-9-17(20)24-11-16-12(2)19-25-13(16)3/h5-8,18H,4,9-11H2,1-3H3. The van der Waals surface area contributed by atoms with Crippen molar-refractivity contribution in [2.75, 3.05) is 13.2 Å². The average Bonchev–Trinajstić information content (AvgIpc) is 2.92. The van der Waals surface area contributed by atoms with E-state index in [0.717, 1.165) is 0 Å². The van der Waals surface area contributed by atoms with Crippen LogP contribution in [-0.4, -0.2) is 32.7 Å². The number of aryl methyl sites for hydroxylation is 2. The number of carbonyl (C=O) groups is 1. The molecule has 0 amide bonds. The third kappa shape index (κ3) is 5.30. The number of hydrogen-bond donors (Lipinski definition) is 1. The predicted molar refractivity (Wildman–Crippen MR) is 93.2 cm³/mol. The maximum atomic E-state index is 12.2. The quantitative estimate of drug-likeness (QED) is 0.662. The molecule has 0 bridgehead atoms. The maximum Gasteiger partial charge on any atom is 0.307 e. The Bertz CT molecular complexity index is 823. The normalized spacial score (nSPS) is 11.3. The van der Waals surface area contributed by atoms with Gasteiger partial charge in [0.25, 0.3) is 0 Å². The lowest BCUT2D eigenvalue weighted by Gasteiger charge is -2.08. The first-order valence-electron chi connectivity index (χ1n) is 8.13. The van der Waals surface area contributed by atoms with Gasteiger partial charge in [0, 0.05) is 6.54 Å². The largest absolute Gasteiger partial charge is 0.494 e. The van der Waals surface area contributed by atoms with Crippen molar-refractivity contribution >= 4 is 16.0 Å². The fourth-order valence-electron chi connectivity index (χ4n) is 2.19. The van der Waals surface area contributed by atoms with Gasteiger partial charge >= 0.3 is 5.97 Å². The summed E-state index contributed by atoms with van der Waals surface area (Å²) >= 11 is 0. The molecule has 2 rings (SSSR count). The van der Waals surface area contributed by atoms with E-state index in [-0.39, 0.29) is 24.5 Å². The first-order valence-corrected chi connectivity index (χ1v) is 9.61. The van der Waals surface area contributed by atoms with Crippen LogP contribution in [0.15, 0.2) is 33.7 Å². The Morgan fingerprint density at radius 1 is 1.23 bits per heavy atom. The number of hydrogen-bond acceptors (Lipinski definition) is 7. The molecule has 0 aliphatic rings. The van der Waals surface area contributed by atoms with E-state index >= 15 is 0 Å². The molecule has 26 heavy (non-hydrogen) atoms. The minimum Gasteiger partial charge on any atom is -0.494 e. The average molecular weight is 382 g/mol. The van der Waals surface area contributed by atoms with Crippen LogP contribution in [0.5, 0.6) is 5.75 Å². The van der Waals surface area contributed by atoms with Gasteiger partial charge in [-0.15, -0.1) is 0 Å². The van der Waals surface area contributed by atoms with Crippen LogP contribution in [0.3, 0.4) is 0 Å². The van der Waals surface area contributed by atoms with E-state index in [2.05, 4.69) is 9.88 Å². The summed E-state index contributed by atoms with van der Waals surface area (Å²) < 4.78 is 42.1. The first kappa shape index (κ1) is 19.9. The highest BCUT2D eigenvalue weighted by molar-refractivity contribution is 7.89. The molecule has 0 atom stereocenters. The highest BCUT2D eigenvalue weighted by Gasteiger charge is 2.16. The van der Waals surface area contributed by atoms with E-state index in [0.29, 0.717) is 29.4 Å². The lowest BCUT2D eigenvalue weighted by Crippen LogP contribution is -2.26. The minimum atomic E-state index is -3.70. The summed E-state index contributed by atoms with van der Waals surface area (Å²) in [7, 11) is -3.70. The molecule has 0 radical (unpaired) electrons. The number of esters is 1. The Labute approximate surface area is 152 Å². The highest BCUT2D eigenvalue weighted by Crippen LogP contribution is 2.16. The van der Waals surface area contributed by atoms with Crippen LogP contribution in [-0.2, 0) is 26.2 Å². The summed E-state index contributed by atoms with van der Waals surface area (Å²) in [5.41, 5.74) is 1.37. The van der Waals surface area contributed by atoms with Gasteiger partial charge < -0.3 is 14.0 Å². The van der Waals surface area contributed by atoms with Crippen molar-refractivity contribution in [2.45, 2.75) is 38.7 Å². The molecule has 2 aromatic rings. The summed E-state index contributed by atoms with van der Waals surface area (Å²) in [4.78, 5) is 11.9. The van der Waals surface area contributed by atoms with Gasteiger partial charge in [0.2, 0.25) is 10.0 Å². The van der Waals surface area contributed by atoms with Crippen molar-refractivity contribution in [1.29, 1.82) is 0 Å². The molecule has 0 saturated carbocycles. The van der Waals surface area contributed by atoms with Gasteiger partial charge in [0.05, 0.1) is 29.2 Å². The summed E-state index contributed by atoms with van der Waals surface area (Å²) in [6.07, 6.45) is -0.0837. The van der Waals surface area contributed by atoms with Crippen LogP contribution < -0.4 is 9.46 Å². The zero-order chi connectivity index (χ0) is 19.2. The molecule has 0 saturated heterocycles. The van der Waals surface area contributed by atoms with Crippen molar-refractivity contribution in [3.8, 4) is 5.75 Å². The Balaban J connectivity index is 1.81. The number of sulfonamides is 1. The van der Waals surface area contributed by atoms with Crippen molar-refractivity contribution in [1.82, 2.24) is 9.88 Å². The van der Waals surface area contributed by atoms with Gasteiger partial charge in [-0.1, -0.05) is 5.16 Å². The molecule has 1 aromatic heterocycles. The molecular weight excluding hydrogens is 360 g/mol. The van der Waals surface area contributed by atoms with Gasteiger partial charge in [-0.2, -0.15) is 0 Å². The highest BCUT2D eigenvalue weighted by atomic mass is 32.2. The van der Waals surface area contributed by atoms with E-state index in [9.17, 15) is 13.2 Å². The predicted octanol–water partition coefficient (Wildman–Crippen LogP) is 2.10. The van der Waals surface area contributed by atoms with Crippen molar-refractivity contribution in [3.05, 3.63) is 41.3 Å². The van der Waals surface area contributed by atoms with E-state index in [1.807, 2.05) is 6.92 Å². The van der Waals surface area contributed by atoms with E-state index in [1.165, 1.54) is 12.1 Å². The maximum absolute atomic E-state index is 12.2. The summed E-state index contributed by atoms with van der Waals surface area (Å²) in [6.45, 7) is 5.82. The number of rotatable bonds is 9. The molecule has 1 heterocycles. The number of ether oxygens (including phenoxy) is 2. The van der Waals surface area contributed by atoms with Crippen LogP contribution in [0.2, 0.25) is 0 Å². The number of benzene rings is 1. The molecule has 1 aromatic carbocycles. The van der Waals surface area contributed by atoms with E-state index in [1.54, 1.807) is 26.0 Å². The molecule has 1 N–H and O–H groups in total. The summed E-state index contributed by atoms with van der Waals surface area (Å²) in [6, 6.07) is 6.05. The monoisotopic (exact) mass is 382 g/mol. The summed E-state index contributed by atoms with van der Waals surface area (Å²) in [5, 5.41) is 3.77. The molecule has 0 aliphatic carbocycles. The van der Waals surface area contributed by atoms with Crippen molar-refractivity contribution in [3.63, 3.8) is 0 Å². The van der Waals surface area contributed by atoms with Crippen LogP contribution >= 0.6 is 0 Å². The Kier molecular flexibility index (Phi) is 6.76. The molecule has 0 spiro atoms. The van der Waals surface area contributed by atoms with Crippen LogP contribution in [0.4, 0.5) is 0 Å². The first-order chi connectivity index (χ1) is 12.3. The molecule has 0 aliphatic heterocycles. The van der Waals surface area contributed by atoms with Crippen LogP contribution in [0, 0.1) is 13.8 Å². The molecule has 142 valence electrons. The van der Waals surface area contributed by atoms with Crippen LogP contribution in [0.25, 0.3) is 0 Å². The van der Waals surface area contributed by atoms with Gasteiger partial charge in [-0.3, -0.25) is 4.79 Å². The third-order valence-corrected chi connectivity index (χ3v) is 5.10. The number of carbonyl (C=O) groups excluding carboxylic acids is 1. The topological polar surface area (TPSA) is 108 Å².